The highest BCUT2D eigenvalue weighted by atomic mass is 16.4. The van der Waals surface area contributed by atoms with Crippen molar-refractivity contribution in [2.24, 2.45) is 0 Å². The summed E-state index contributed by atoms with van der Waals surface area (Å²) < 4.78 is 5.27. The van der Waals surface area contributed by atoms with Crippen LogP contribution >= 0.6 is 0 Å². The number of rotatable bonds is 4. The number of hydrogen-bond acceptors (Lipinski definition) is 3. The van der Waals surface area contributed by atoms with E-state index in [-0.39, 0.29) is 0 Å². The van der Waals surface area contributed by atoms with Gasteiger partial charge in [-0.25, -0.2) is 4.79 Å². The SMILES string of the molecule is Cc1ccc(/C=C/C(=O)NC2(C(=O)O)CCC2)o1. The summed E-state index contributed by atoms with van der Waals surface area (Å²) in [6.45, 7) is 1.81. The third-order valence-corrected chi connectivity index (χ3v) is 3.14. The molecule has 0 saturated heterocycles. The van der Waals surface area contributed by atoms with Crippen molar-refractivity contribution in [1.29, 1.82) is 0 Å². The number of carbonyl (C=O) groups excluding carboxylic acids is 1. The smallest absolute Gasteiger partial charge is 0.329 e. The number of nitrogens with one attached hydrogen (secondary N) is 1. The summed E-state index contributed by atoms with van der Waals surface area (Å²) in [7, 11) is 0. The predicted molar refractivity (Wildman–Crippen MR) is 64.8 cm³/mol. The second-order valence-electron chi connectivity index (χ2n) is 4.51. The first-order valence-corrected chi connectivity index (χ1v) is 5.82. The molecule has 1 amide bonds. The molecule has 5 heteroatoms. The second kappa shape index (κ2) is 4.68. The number of carboxylic acids is 1. The normalized spacial score (nSPS) is 17.4. The van der Waals surface area contributed by atoms with E-state index in [1.165, 1.54) is 12.2 Å². The standard InChI is InChI=1S/C13H15NO4/c1-9-3-4-10(18-9)5-6-11(15)14-13(12(16)17)7-2-8-13/h3-6H,2,7-8H2,1H3,(H,14,15)(H,16,17)/b6-5+. The number of furan rings is 1. The average molecular weight is 249 g/mol. The molecular formula is C13H15NO4. The molecule has 5 nitrogen and oxygen atoms in total. The fourth-order valence-corrected chi connectivity index (χ4v) is 1.90. The van der Waals surface area contributed by atoms with Gasteiger partial charge in [0.25, 0.3) is 0 Å². The molecule has 0 aromatic carbocycles. The molecule has 0 spiro atoms. The van der Waals surface area contributed by atoms with Gasteiger partial charge in [0.1, 0.15) is 17.1 Å². The minimum atomic E-state index is -1.07. The van der Waals surface area contributed by atoms with Crippen molar-refractivity contribution in [3.05, 3.63) is 29.7 Å². The van der Waals surface area contributed by atoms with Crippen LogP contribution in [0, 0.1) is 6.92 Å². The molecule has 1 aromatic heterocycles. The third kappa shape index (κ3) is 2.45. The average Bonchev–Trinajstić information content (AvgIpc) is 2.66. The Morgan fingerprint density at radius 3 is 2.61 bits per heavy atom. The van der Waals surface area contributed by atoms with Gasteiger partial charge in [-0.3, -0.25) is 4.79 Å². The van der Waals surface area contributed by atoms with Gasteiger partial charge in [-0.15, -0.1) is 0 Å². The minimum absolute atomic E-state index is 0.411. The van der Waals surface area contributed by atoms with Crippen molar-refractivity contribution in [3.63, 3.8) is 0 Å². The van der Waals surface area contributed by atoms with Crippen LogP contribution in [0.5, 0.6) is 0 Å². The highest BCUT2D eigenvalue weighted by molar-refractivity contribution is 5.95. The Hall–Kier alpha value is -2.04. The summed E-state index contributed by atoms with van der Waals surface area (Å²) in [4.78, 5) is 22.7. The number of aliphatic carboxylic acids is 1. The summed E-state index contributed by atoms with van der Waals surface area (Å²) in [5.74, 6) is -0.0489. The van der Waals surface area contributed by atoms with Gasteiger partial charge in [0.2, 0.25) is 5.91 Å². The van der Waals surface area contributed by atoms with Gasteiger partial charge in [-0.1, -0.05) is 0 Å². The lowest BCUT2D eigenvalue weighted by Crippen LogP contribution is -2.58. The fraction of sp³-hybridized carbons (Fsp3) is 0.385. The van der Waals surface area contributed by atoms with E-state index in [0.29, 0.717) is 18.6 Å². The van der Waals surface area contributed by atoms with Gasteiger partial charge in [0.05, 0.1) is 0 Å². The Morgan fingerprint density at radius 2 is 2.17 bits per heavy atom. The van der Waals surface area contributed by atoms with Crippen molar-refractivity contribution in [2.45, 2.75) is 31.7 Å². The molecule has 1 heterocycles. The van der Waals surface area contributed by atoms with Crippen molar-refractivity contribution in [2.75, 3.05) is 0 Å². The molecule has 2 N–H and O–H groups in total. The van der Waals surface area contributed by atoms with Crippen LogP contribution in [-0.4, -0.2) is 22.5 Å². The maximum Gasteiger partial charge on any atom is 0.329 e. The summed E-state index contributed by atoms with van der Waals surface area (Å²) in [5.41, 5.74) is -1.07. The molecule has 96 valence electrons. The monoisotopic (exact) mass is 249 g/mol. The lowest BCUT2D eigenvalue weighted by atomic mass is 9.77. The summed E-state index contributed by atoms with van der Waals surface area (Å²) in [6.07, 6.45) is 4.62. The predicted octanol–water partition coefficient (Wildman–Crippen LogP) is 1.72. The van der Waals surface area contributed by atoms with Gasteiger partial charge in [0, 0.05) is 6.08 Å². The molecule has 0 bridgehead atoms. The number of amides is 1. The van der Waals surface area contributed by atoms with Crippen LogP contribution in [-0.2, 0) is 9.59 Å². The summed E-state index contributed by atoms with van der Waals surface area (Å²) in [5, 5.41) is 11.6. The second-order valence-corrected chi connectivity index (χ2v) is 4.51. The van der Waals surface area contributed by atoms with Gasteiger partial charge in [-0.2, -0.15) is 0 Å². The van der Waals surface area contributed by atoms with Crippen LogP contribution in [0.3, 0.4) is 0 Å². The summed E-state index contributed by atoms with van der Waals surface area (Å²) in [6, 6.07) is 3.54. The van der Waals surface area contributed by atoms with E-state index in [2.05, 4.69) is 5.32 Å². The van der Waals surface area contributed by atoms with Crippen LogP contribution in [0.4, 0.5) is 0 Å². The van der Waals surface area contributed by atoms with Gasteiger partial charge < -0.3 is 14.8 Å². The number of carbonyl (C=O) groups is 2. The molecule has 18 heavy (non-hydrogen) atoms. The lowest BCUT2D eigenvalue weighted by molar-refractivity contribution is -0.151. The van der Waals surface area contributed by atoms with Crippen LogP contribution in [0.15, 0.2) is 22.6 Å². The Balaban J connectivity index is 1.96. The third-order valence-electron chi connectivity index (χ3n) is 3.14. The molecule has 0 aliphatic heterocycles. The van der Waals surface area contributed by atoms with E-state index < -0.39 is 17.4 Å². The Labute approximate surface area is 104 Å². The lowest BCUT2D eigenvalue weighted by Gasteiger charge is -2.37. The molecular weight excluding hydrogens is 234 g/mol. The van der Waals surface area contributed by atoms with E-state index in [1.54, 1.807) is 12.1 Å². The largest absolute Gasteiger partial charge is 0.480 e. The van der Waals surface area contributed by atoms with Crippen molar-refractivity contribution >= 4 is 18.0 Å². The number of hydrogen-bond donors (Lipinski definition) is 2. The van der Waals surface area contributed by atoms with E-state index in [0.717, 1.165) is 12.2 Å². The zero-order chi connectivity index (χ0) is 13.2. The van der Waals surface area contributed by atoms with Gasteiger partial charge in [0.15, 0.2) is 0 Å². The maximum atomic E-state index is 11.6. The first kappa shape index (κ1) is 12.4. The molecule has 1 aliphatic carbocycles. The molecule has 0 radical (unpaired) electrons. The zero-order valence-electron chi connectivity index (χ0n) is 10.1. The first-order valence-electron chi connectivity index (χ1n) is 5.82. The quantitative estimate of drug-likeness (QED) is 0.796. The maximum absolute atomic E-state index is 11.6. The van der Waals surface area contributed by atoms with Crippen LogP contribution in [0.2, 0.25) is 0 Å². The minimum Gasteiger partial charge on any atom is -0.480 e. The zero-order valence-corrected chi connectivity index (χ0v) is 10.1. The topological polar surface area (TPSA) is 79.5 Å². The van der Waals surface area contributed by atoms with Gasteiger partial charge in [-0.05, 0) is 44.4 Å². The summed E-state index contributed by atoms with van der Waals surface area (Å²) >= 11 is 0. The van der Waals surface area contributed by atoms with E-state index in [4.69, 9.17) is 9.52 Å². The van der Waals surface area contributed by atoms with Crippen LogP contribution < -0.4 is 5.32 Å². The molecule has 1 fully saturated rings. The molecule has 1 aromatic rings. The Bertz CT molecular complexity index is 497. The molecule has 1 saturated carbocycles. The molecule has 0 atom stereocenters. The van der Waals surface area contributed by atoms with E-state index in [1.807, 2.05) is 6.92 Å². The molecule has 2 rings (SSSR count). The van der Waals surface area contributed by atoms with Crippen molar-refractivity contribution in [3.8, 4) is 0 Å². The highest BCUT2D eigenvalue weighted by Gasteiger charge is 2.45. The van der Waals surface area contributed by atoms with Crippen LogP contribution in [0.25, 0.3) is 6.08 Å². The Morgan fingerprint density at radius 1 is 1.44 bits per heavy atom. The fourth-order valence-electron chi connectivity index (χ4n) is 1.90. The number of aryl methyl sites for hydroxylation is 1. The first-order chi connectivity index (χ1) is 8.52. The highest BCUT2D eigenvalue weighted by Crippen LogP contribution is 2.31. The van der Waals surface area contributed by atoms with Crippen molar-refractivity contribution in [1.82, 2.24) is 5.32 Å². The van der Waals surface area contributed by atoms with Gasteiger partial charge >= 0.3 is 5.97 Å². The molecule has 1 aliphatic rings. The van der Waals surface area contributed by atoms with E-state index in [9.17, 15) is 9.59 Å². The van der Waals surface area contributed by atoms with E-state index >= 15 is 0 Å². The number of carboxylic acid groups (broad SMARTS) is 1. The van der Waals surface area contributed by atoms with Crippen LogP contribution in [0.1, 0.15) is 30.8 Å². The Kier molecular flexibility index (Phi) is 3.23. The van der Waals surface area contributed by atoms with Crippen molar-refractivity contribution < 1.29 is 19.1 Å². The molecule has 0 unspecified atom stereocenters.